The maximum atomic E-state index is 15.4. The zero-order valence-corrected chi connectivity index (χ0v) is 24.3. The second kappa shape index (κ2) is 12.6. The van der Waals surface area contributed by atoms with Crippen LogP contribution in [0.1, 0.15) is 41.6 Å². The van der Waals surface area contributed by atoms with Gasteiger partial charge in [0, 0.05) is 17.5 Å². The summed E-state index contributed by atoms with van der Waals surface area (Å²) in [7, 11) is -3.94. The number of carbonyl (C=O) groups is 1. The van der Waals surface area contributed by atoms with Crippen molar-refractivity contribution in [2.24, 2.45) is 5.73 Å². The number of aromatic nitrogens is 2. The first-order valence-corrected chi connectivity index (χ1v) is 15.2. The number of amides is 1. The molecule has 0 spiro atoms. The van der Waals surface area contributed by atoms with Crippen LogP contribution in [0.15, 0.2) is 54.2 Å². The summed E-state index contributed by atoms with van der Waals surface area (Å²) in [6.07, 6.45) is 5.08. The van der Waals surface area contributed by atoms with E-state index in [1.54, 1.807) is 35.7 Å². The van der Waals surface area contributed by atoms with Crippen LogP contribution in [0.3, 0.4) is 0 Å². The number of nitrogens with zero attached hydrogens (tertiary/aromatic N) is 2. The number of rotatable bonds is 8. The molecule has 2 aromatic heterocycles. The number of hydrogen-bond acceptors (Lipinski definition) is 8. The van der Waals surface area contributed by atoms with Crippen molar-refractivity contribution in [3.05, 3.63) is 76.1 Å². The Morgan fingerprint density at radius 1 is 1.10 bits per heavy atom. The molecule has 2 heterocycles. The van der Waals surface area contributed by atoms with Crippen molar-refractivity contribution in [3.63, 3.8) is 0 Å². The Hall–Kier alpha value is -3.03. The number of nitrogens with one attached hydrogen (secondary N) is 3. The predicted octanol–water partition coefficient (Wildman–Crippen LogP) is 5.78. The van der Waals surface area contributed by atoms with E-state index in [0.717, 1.165) is 25.7 Å². The molecule has 5 N–H and O–H groups in total. The summed E-state index contributed by atoms with van der Waals surface area (Å²) in [5.74, 6) is -1.36. The molecule has 14 heteroatoms. The van der Waals surface area contributed by atoms with E-state index in [-0.39, 0.29) is 52.2 Å². The minimum Gasteiger partial charge on any atom is -0.366 e. The van der Waals surface area contributed by atoms with Crippen molar-refractivity contribution >= 4 is 78.7 Å². The maximum Gasteiger partial charge on any atom is 0.258 e. The van der Waals surface area contributed by atoms with Gasteiger partial charge in [0.15, 0.2) is 5.82 Å². The zero-order valence-electron chi connectivity index (χ0n) is 21.1. The Morgan fingerprint density at radius 3 is 2.55 bits per heavy atom. The van der Waals surface area contributed by atoms with Crippen LogP contribution in [0.2, 0.25) is 5.02 Å². The lowest BCUT2D eigenvalue weighted by atomic mass is 9.92. The van der Waals surface area contributed by atoms with Crippen LogP contribution in [-0.4, -0.2) is 36.4 Å². The van der Waals surface area contributed by atoms with E-state index in [1.807, 2.05) is 0 Å². The number of anilines is 3. The van der Waals surface area contributed by atoms with Gasteiger partial charge in [0.2, 0.25) is 10.0 Å². The molecule has 4 aromatic rings. The number of benzene rings is 2. The van der Waals surface area contributed by atoms with Crippen LogP contribution in [0.4, 0.5) is 21.6 Å². The van der Waals surface area contributed by atoms with E-state index in [1.165, 1.54) is 29.8 Å². The maximum absolute atomic E-state index is 15.4. The Labute approximate surface area is 246 Å². The molecule has 0 atom stereocenters. The van der Waals surface area contributed by atoms with E-state index in [2.05, 4.69) is 25.3 Å². The zero-order chi connectivity index (χ0) is 27.6. The molecule has 0 saturated heterocycles. The van der Waals surface area contributed by atoms with Gasteiger partial charge in [-0.15, -0.1) is 23.7 Å². The second-order valence-electron chi connectivity index (χ2n) is 9.39. The first-order valence-electron chi connectivity index (χ1n) is 12.3. The van der Waals surface area contributed by atoms with Gasteiger partial charge < -0.3 is 16.4 Å². The topological polar surface area (TPSA) is 139 Å². The largest absolute Gasteiger partial charge is 0.366 e. The first-order chi connectivity index (χ1) is 18.7. The third kappa shape index (κ3) is 6.81. The summed E-state index contributed by atoms with van der Waals surface area (Å²) < 4.78 is 43.6. The normalized spacial score (nSPS) is 17.2. The third-order valence-electron chi connectivity index (χ3n) is 6.51. The van der Waals surface area contributed by atoms with Crippen LogP contribution in [0, 0.1) is 5.82 Å². The van der Waals surface area contributed by atoms with Crippen molar-refractivity contribution in [3.8, 4) is 0 Å². The van der Waals surface area contributed by atoms with Crippen LogP contribution in [0.25, 0.3) is 10.2 Å². The van der Waals surface area contributed by atoms with Gasteiger partial charge in [-0.05, 0) is 43.4 Å². The van der Waals surface area contributed by atoms with Crippen LogP contribution < -0.4 is 21.1 Å². The van der Waals surface area contributed by atoms with Crippen molar-refractivity contribution < 1.29 is 17.6 Å². The molecule has 40 heavy (non-hydrogen) atoms. The van der Waals surface area contributed by atoms with Crippen molar-refractivity contribution in [2.45, 2.75) is 43.5 Å². The summed E-state index contributed by atoms with van der Waals surface area (Å²) in [6, 6.07) is 11.5. The average Bonchev–Trinajstić information content (AvgIpc) is 3.35. The summed E-state index contributed by atoms with van der Waals surface area (Å²) in [4.78, 5) is 21.8. The molecule has 1 aliphatic rings. The number of hydrogen-bond donors (Lipinski definition) is 4. The first kappa shape index (κ1) is 29.9. The van der Waals surface area contributed by atoms with Gasteiger partial charge in [-0.1, -0.05) is 41.9 Å². The summed E-state index contributed by atoms with van der Waals surface area (Å²) in [6.45, 7) is 0. The molecule has 1 amide bonds. The van der Waals surface area contributed by atoms with Gasteiger partial charge in [-0.25, -0.2) is 22.8 Å². The lowest BCUT2D eigenvalue weighted by Gasteiger charge is -2.27. The highest BCUT2D eigenvalue weighted by Gasteiger charge is 2.24. The van der Waals surface area contributed by atoms with Gasteiger partial charge in [-0.2, -0.15) is 0 Å². The fourth-order valence-corrected chi connectivity index (χ4v) is 6.84. The molecule has 0 radical (unpaired) electrons. The standard InChI is InChI=1S/C26H26ClFN6O3S2.ClH/c27-19-10-11-20(34-39(36,37)13-15-4-2-1-3-5-15)21(28)23(19)33-26(35)18-12-38-24-22(18)30-14-31-25(24)32-17-8-6-16(29)7-9-17;/h1-5,10-12,14,16-17,34H,6-9,13,29H2,(H,33,35)(H,30,31,32);1H. The van der Waals surface area contributed by atoms with Crippen LogP contribution in [-0.2, 0) is 15.8 Å². The number of sulfonamides is 1. The predicted molar refractivity (Wildman–Crippen MR) is 161 cm³/mol. The molecular formula is C26H27Cl2FN6O3S2. The molecule has 5 rings (SSSR count). The summed E-state index contributed by atoms with van der Waals surface area (Å²) >= 11 is 7.49. The molecule has 9 nitrogen and oxygen atoms in total. The Bertz CT molecular complexity index is 1610. The molecule has 2 aromatic carbocycles. The van der Waals surface area contributed by atoms with E-state index in [4.69, 9.17) is 17.3 Å². The summed E-state index contributed by atoms with van der Waals surface area (Å²) in [5.41, 5.74) is 6.51. The lowest BCUT2D eigenvalue weighted by molar-refractivity contribution is 0.102. The van der Waals surface area contributed by atoms with Crippen LogP contribution >= 0.6 is 35.3 Å². The van der Waals surface area contributed by atoms with Crippen molar-refractivity contribution in [1.29, 1.82) is 0 Å². The fraction of sp³-hybridized carbons (Fsp3) is 0.269. The molecule has 1 saturated carbocycles. The van der Waals surface area contributed by atoms with Crippen molar-refractivity contribution in [2.75, 3.05) is 15.4 Å². The molecular weight excluding hydrogens is 598 g/mol. The fourth-order valence-electron chi connectivity index (χ4n) is 4.50. The average molecular weight is 626 g/mol. The molecule has 0 aliphatic heterocycles. The van der Waals surface area contributed by atoms with E-state index in [9.17, 15) is 13.2 Å². The highest BCUT2D eigenvalue weighted by molar-refractivity contribution is 7.91. The Balaban J connectivity index is 0.00000370. The second-order valence-corrected chi connectivity index (χ2v) is 12.4. The number of nitrogens with two attached hydrogens (primary N) is 1. The van der Waals surface area contributed by atoms with Gasteiger partial charge in [0.1, 0.15) is 12.1 Å². The van der Waals surface area contributed by atoms with Gasteiger partial charge in [0.05, 0.1) is 37.9 Å². The van der Waals surface area contributed by atoms with E-state index in [0.29, 0.717) is 21.6 Å². The highest BCUT2D eigenvalue weighted by atomic mass is 35.5. The lowest BCUT2D eigenvalue weighted by Crippen LogP contribution is -2.33. The van der Waals surface area contributed by atoms with Gasteiger partial charge in [-0.3, -0.25) is 9.52 Å². The molecule has 0 unspecified atom stereocenters. The number of carbonyl (C=O) groups excluding carboxylic acids is 1. The number of halogens is 3. The van der Waals surface area contributed by atoms with Crippen molar-refractivity contribution in [1.82, 2.24) is 9.97 Å². The van der Waals surface area contributed by atoms with Gasteiger partial charge >= 0.3 is 0 Å². The quantitative estimate of drug-likeness (QED) is 0.195. The SMILES string of the molecule is Cl.NC1CCC(Nc2ncnc3c(C(=O)Nc4c(Cl)ccc(NS(=O)(=O)Cc5ccccc5)c4F)csc23)CC1. The highest BCUT2D eigenvalue weighted by Crippen LogP contribution is 2.34. The molecule has 1 aliphatic carbocycles. The van der Waals surface area contributed by atoms with Gasteiger partial charge in [0.25, 0.3) is 5.91 Å². The molecule has 0 bridgehead atoms. The number of fused-ring (bicyclic) bond motifs is 1. The Morgan fingerprint density at radius 2 is 1.82 bits per heavy atom. The molecule has 212 valence electrons. The Kier molecular flexibility index (Phi) is 9.47. The molecule has 1 fully saturated rings. The smallest absolute Gasteiger partial charge is 0.258 e. The third-order valence-corrected chi connectivity index (χ3v) is 9.04. The van der Waals surface area contributed by atoms with E-state index >= 15 is 4.39 Å². The summed E-state index contributed by atoms with van der Waals surface area (Å²) in [5, 5.41) is 7.46. The minimum absolute atomic E-state index is 0. The minimum atomic E-state index is -3.94. The number of thiophene rings is 1. The monoisotopic (exact) mass is 624 g/mol. The van der Waals surface area contributed by atoms with Crippen LogP contribution in [0.5, 0.6) is 0 Å². The van der Waals surface area contributed by atoms with E-state index < -0.39 is 21.7 Å².